The van der Waals surface area contributed by atoms with Gasteiger partial charge in [-0.25, -0.2) is 0 Å². The van der Waals surface area contributed by atoms with Gasteiger partial charge in [0.05, 0.1) is 12.1 Å². The summed E-state index contributed by atoms with van der Waals surface area (Å²) in [4.78, 5) is 12.1. The van der Waals surface area contributed by atoms with Crippen LogP contribution in [0.4, 0.5) is 0 Å². The van der Waals surface area contributed by atoms with Gasteiger partial charge in [0.15, 0.2) is 5.78 Å². The van der Waals surface area contributed by atoms with Crippen molar-refractivity contribution in [2.24, 2.45) is 5.92 Å². The highest BCUT2D eigenvalue weighted by Crippen LogP contribution is 2.31. The summed E-state index contributed by atoms with van der Waals surface area (Å²) in [5, 5.41) is 0.497. The van der Waals surface area contributed by atoms with Gasteiger partial charge in [0.25, 0.3) is 0 Å². The molecule has 2 nitrogen and oxygen atoms in total. The fourth-order valence-corrected chi connectivity index (χ4v) is 2.49. The molecule has 0 heterocycles. The number of halogens is 1. The third-order valence-corrected chi connectivity index (χ3v) is 3.48. The minimum atomic E-state index is 0.172. The van der Waals surface area contributed by atoms with Crippen molar-refractivity contribution in [3.63, 3.8) is 0 Å². The van der Waals surface area contributed by atoms with Gasteiger partial charge in [-0.15, -0.1) is 0 Å². The van der Waals surface area contributed by atoms with Crippen LogP contribution >= 0.6 is 11.6 Å². The van der Waals surface area contributed by atoms with Crippen molar-refractivity contribution in [3.05, 3.63) is 28.8 Å². The molecule has 0 aliphatic heterocycles. The van der Waals surface area contributed by atoms with Crippen molar-refractivity contribution in [1.29, 1.82) is 0 Å². The van der Waals surface area contributed by atoms with Crippen molar-refractivity contribution in [1.82, 2.24) is 0 Å². The molecule has 1 aromatic rings. The molecule has 86 valence electrons. The first kappa shape index (κ1) is 11.5. The quantitative estimate of drug-likeness (QED) is 0.751. The fourth-order valence-electron chi connectivity index (χ4n) is 2.23. The monoisotopic (exact) mass is 238 g/mol. The lowest BCUT2D eigenvalue weighted by molar-refractivity contribution is 0.0923. The van der Waals surface area contributed by atoms with Crippen LogP contribution in [0.2, 0.25) is 5.02 Å². The van der Waals surface area contributed by atoms with Crippen LogP contribution in [0, 0.1) is 5.92 Å². The average molecular weight is 239 g/mol. The van der Waals surface area contributed by atoms with Crippen molar-refractivity contribution in [3.8, 4) is 5.75 Å². The molecule has 0 unspecified atom stereocenters. The van der Waals surface area contributed by atoms with Gasteiger partial charge >= 0.3 is 0 Å². The molecule has 0 spiro atoms. The molecule has 0 atom stereocenters. The zero-order valence-electron chi connectivity index (χ0n) is 9.33. The van der Waals surface area contributed by atoms with E-state index in [9.17, 15) is 4.79 Å². The van der Waals surface area contributed by atoms with E-state index in [1.807, 2.05) is 0 Å². The number of carbonyl (C=O) groups is 1. The van der Waals surface area contributed by atoms with Crippen LogP contribution in [0.25, 0.3) is 0 Å². The number of Topliss-reactive ketones (excluding diaryl/α,β-unsaturated/α-hetero) is 1. The predicted molar refractivity (Wildman–Crippen MR) is 64.3 cm³/mol. The fraction of sp³-hybridized carbons (Fsp3) is 0.462. The van der Waals surface area contributed by atoms with Crippen LogP contribution in [-0.4, -0.2) is 12.9 Å². The second-order valence-electron chi connectivity index (χ2n) is 4.19. The SMILES string of the molecule is COc1ccc(C(=O)C2CCCC2)c(Cl)c1. The summed E-state index contributed by atoms with van der Waals surface area (Å²) in [6.07, 6.45) is 4.32. The summed E-state index contributed by atoms with van der Waals surface area (Å²) >= 11 is 6.08. The Labute approximate surface area is 101 Å². The molecule has 16 heavy (non-hydrogen) atoms. The molecular weight excluding hydrogens is 224 g/mol. The summed E-state index contributed by atoms with van der Waals surface area (Å²) in [5.41, 5.74) is 0.634. The van der Waals surface area contributed by atoms with Crippen molar-refractivity contribution in [2.45, 2.75) is 25.7 Å². The predicted octanol–water partition coefficient (Wildman–Crippen LogP) is 3.72. The zero-order chi connectivity index (χ0) is 11.5. The first-order chi connectivity index (χ1) is 7.72. The second-order valence-corrected chi connectivity index (χ2v) is 4.60. The normalized spacial score (nSPS) is 16.4. The number of ketones is 1. The van der Waals surface area contributed by atoms with Crippen molar-refractivity contribution < 1.29 is 9.53 Å². The Bertz CT molecular complexity index is 395. The highest BCUT2D eigenvalue weighted by Gasteiger charge is 2.25. The summed E-state index contributed by atoms with van der Waals surface area (Å²) in [6.45, 7) is 0. The van der Waals surface area contributed by atoms with E-state index in [1.54, 1.807) is 25.3 Å². The average Bonchev–Trinajstić information content (AvgIpc) is 2.81. The topological polar surface area (TPSA) is 26.3 Å². The Balaban J connectivity index is 2.22. The highest BCUT2D eigenvalue weighted by molar-refractivity contribution is 6.34. The lowest BCUT2D eigenvalue weighted by Gasteiger charge is -2.10. The lowest BCUT2D eigenvalue weighted by Crippen LogP contribution is -2.11. The Kier molecular flexibility index (Phi) is 3.49. The van der Waals surface area contributed by atoms with Gasteiger partial charge in [-0.1, -0.05) is 24.4 Å². The molecule has 0 N–H and O–H groups in total. The molecule has 0 bridgehead atoms. The Morgan fingerprint density at radius 1 is 1.38 bits per heavy atom. The number of hydrogen-bond acceptors (Lipinski definition) is 2. The van der Waals surface area contributed by atoms with Crippen LogP contribution in [0.15, 0.2) is 18.2 Å². The Hall–Kier alpha value is -1.02. The third kappa shape index (κ3) is 2.22. The van der Waals surface area contributed by atoms with E-state index in [0.29, 0.717) is 16.3 Å². The Morgan fingerprint density at radius 2 is 2.06 bits per heavy atom. The van der Waals surface area contributed by atoms with Crippen molar-refractivity contribution in [2.75, 3.05) is 7.11 Å². The molecule has 1 aromatic carbocycles. The molecule has 0 saturated heterocycles. The number of ether oxygens (including phenoxy) is 1. The van der Waals surface area contributed by atoms with Gasteiger partial charge in [-0.3, -0.25) is 4.79 Å². The number of benzene rings is 1. The van der Waals surface area contributed by atoms with E-state index >= 15 is 0 Å². The number of hydrogen-bond donors (Lipinski definition) is 0. The maximum atomic E-state index is 12.1. The molecule has 2 rings (SSSR count). The summed E-state index contributed by atoms with van der Waals surface area (Å²) in [7, 11) is 1.59. The van der Waals surface area contributed by atoms with Gasteiger partial charge in [0.2, 0.25) is 0 Å². The first-order valence-corrected chi connectivity index (χ1v) is 5.98. The van der Waals surface area contributed by atoms with E-state index < -0.39 is 0 Å². The first-order valence-electron chi connectivity index (χ1n) is 5.60. The van der Waals surface area contributed by atoms with Crippen LogP contribution in [0.5, 0.6) is 5.75 Å². The van der Waals surface area contributed by atoms with Gasteiger partial charge in [0.1, 0.15) is 5.75 Å². The van der Waals surface area contributed by atoms with E-state index in [1.165, 1.54) is 0 Å². The number of methoxy groups -OCH3 is 1. The summed E-state index contributed by atoms with van der Waals surface area (Å²) in [5.74, 6) is 1.05. The number of carbonyl (C=O) groups excluding carboxylic acids is 1. The smallest absolute Gasteiger partial charge is 0.167 e. The maximum absolute atomic E-state index is 12.1. The van der Waals surface area contributed by atoms with Gasteiger partial charge in [-0.2, -0.15) is 0 Å². The summed E-state index contributed by atoms with van der Waals surface area (Å²) in [6, 6.07) is 5.25. The second kappa shape index (κ2) is 4.88. The summed E-state index contributed by atoms with van der Waals surface area (Å²) < 4.78 is 5.06. The van der Waals surface area contributed by atoms with Crippen LogP contribution < -0.4 is 4.74 Å². The van der Waals surface area contributed by atoms with Gasteiger partial charge in [-0.05, 0) is 31.0 Å². The van der Waals surface area contributed by atoms with E-state index in [4.69, 9.17) is 16.3 Å². The highest BCUT2D eigenvalue weighted by atomic mass is 35.5. The van der Waals surface area contributed by atoms with E-state index in [-0.39, 0.29) is 11.7 Å². The minimum absolute atomic E-state index is 0.172. The molecule has 1 aliphatic carbocycles. The molecule has 0 radical (unpaired) electrons. The molecule has 1 saturated carbocycles. The van der Waals surface area contributed by atoms with Crippen LogP contribution in [-0.2, 0) is 0 Å². The van der Waals surface area contributed by atoms with Crippen LogP contribution in [0.1, 0.15) is 36.0 Å². The minimum Gasteiger partial charge on any atom is -0.497 e. The van der Waals surface area contributed by atoms with Crippen molar-refractivity contribution >= 4 is 17.4 Å². The molecule has 3 heteroatoms. The Morgan fingerprint density at radius 3 is 2.62 bits per heavy atom. The molecular formula is C13H15ClO2. The molecule has 1 fully saturated rings. The van der Waals surface area contributed by atoms with Gasteiger partial charge < -0.3 is 4.74 Å². The van der Waals surface area contributed by atoms with Gasteiger partial charge in [0, 0.05) is 11.5 Å². The van der Waals surface area contributed by atoms with Crippen LogP contribution in [0.3, 0.4) is 0 Å². The van der Waals surface area contributed by atoms with E-state index in [0.717, 1.165) is 25.7 Å². The third-order valence-electron chi connectivity index (χ3n) is 3.17. The molecule has 1 aliphatic rings. The standard InChI is InChI=1S/C13H15ClO2/c1-16-10-6-7-11(12(14)8-10)13(15)9-4-2-3-5-9/h6-9H,2-5H2,1H3. The van der Waals surface area contributed by atoms with E-state index in [2.05, 4.69) is 0 Å². The maximum Gasteiger partial charge on any atom is 0.167 e. The largest absolute Gasteiger partial charge is 0.497 e. The molecule has 0 aromatic heterocycles. The zero-order valence-corrected chi connectivity index (χ0v) is 10.1. The molecule has 0 amide bonds. The lowest BCUT2D eigenvalue weighted by atomic mass is 9.96. The number of rotatable bonds is 3.